The van der Waals surface area contributed by atoms with Gasteiger partial charge in [-0.2, -0.15) is 0 Å². The summed E-state index contributed by atoms with van der Waals surface area (Å²) in [6, 6.07) is 0.862. The molecule has 2 aliphatic rings. The predicted octanol–water partition coefficient (Wildman–Crippen LogP) is 5.15. The zero-order valence-electron chi connectivity index (χ0n) is 13.3. The normalized spacial score (nSPS) is 30.3. The van der Waals surface area contributed by atoms with Crippen LogP contribution in [0.3, 0.4) is 0 Å². The molecule has 0 aromatic heterocycles. The van der Waals surface area contributed by atoms with Crippen molar-refractivity contribution in [1.29, 1.82) is 0 Å². The number of hydrogen-bond acceptors (Lipinski definition) is 1. The minimum atomic E-state index is 0.862. The van der Waals surface area contributed by atoms with Gasteiger partial charge < -0.3 is 5.32 Å². The Bertz CT molecular complexity index is 228. The summed E-state index contributed by atoms with van der Waals surface area (Å²) in [6.07, 6.45) is 16.0. The zero-order valence-corrected chi connectivity index (χ0v) is 13.3. The molecule has 19 heavy (non-hydrogen) atoms. The van der Waals surface area contributed by atoms with Gasteiger partial charge in [-0.25, -0.2) is 0 Å². The monoisotopic (exact) mass is 265 g/mol. The molecule has 2 aliphatic carbocycles. The molecule has 0 bridgehead atoms. The summed E-state index contributed by atoms with van der Waals surface area (Å²) in [5, 5.41) is 3.86. The van der Waals surface area contributed by atoms with Crippen LogP contribution in [0, 0.1) is 17.8 Å². The molecule has 112 valence electrons. The molecule has 0 saturated heterocycles. The van der Waals surface area contributed by atoms with Gasteiger partial charge in [-0.1, -0.05) is 58.8 Å². The van der Waals surface area contributed by atoms with Gasteiger partial charge in [-0.3, -0.25) is 0 Å². The Morgan fingerprint density at radius 2 is 1.58 bits per heavy atom. The second-order valence-corrected chi connectivity index (χ2v) is 6.95. The average molecular weight is 265 g/mol. The van der Waals surface area contributed by atoms with Crippen LogP contribution in [0.4, 0.5) is 0 Å². The second kappa shape index (κ2) is 8.29. The predicted molar refractivity (Wildman–Crippen MR) is 84.4 cm³/mol. The molecule has 1 nitrogen and oxygen atoms in total. The van der Waals surface area contributed by atoms with Crippen LogP contribution in [-0.4, -0.2) is 12.6 Å². The lowest BCUT2D eigenvalue weighted by molar-refractivity contribution is 0.372. The Hall–Kier alpha value is -0.0400. The Kier molecular flexibility index (Phi) is 6.70. The molecular weight excluding hydrogens is 230 g/mol. The molecule has 2 fully saturated rings. The third-order valence-electron chi connectivity index (χ3n) is 5.46. The fraction of sp³-hybridized carbons (Fsp3) is 1.00. The van der Waals surface area contributed by atoms with Crippen molar-refractivity contribution in [2.24, 2.45) is 17.8 Å². The lowest BCUT2D eigenvalue weighted by Gasteiger charge is -2.20. The molecule has 1 N–H and O–H groups in total. The van der Waals surface area contributed by atoms with Gasteiger partial charge in [-0.15, -0.1) is 0 Å². The first-order valence-electron chi connectivity index (χ1n) is 9.11. The molecule has 2 saturated carbocycles. The first-order chi connectivity index (χ1) is 9.38. The highest BCUT2D eigenvalue weighted by Crippen LogP contribution is 2.59. The molecule has 3 atom stereocenters. The molecule has 0 aliphatic heterocycles. The Labute approximate surface area is 120 Å². The van der Waals surface area contributed by atoms with E-state index >= 15 is 0 Å². The fourth-order valence-corrected chi connectivity index (χ4v) is 4.38. The summed E-state index contributed by atoms with van der Waals surface area (Å²) >= 11 is 0. The first-order valence-corrected chi connectivity index (χ1v) is 9.11. The molecule has 0 spiro atoms. The number of fused-ring (bicyclic) bond motifs is 1. The average Bonchev–Trinajstić information content (AvgIpc) is 2.90. The summed E-state index contributed by atoms with van der Waals surface area (Å²) in [7, 11) is 0. The van der Waals surface area contributed by atoms with Gasteiger partial charge in [0.05, 0.1) is 0 Å². The van der Waals surface area contributed by atoms with Crippen LogP contribution in [0.15, 0.2) is 0 Å². The van der Waals surface area contributed by atoms with Crippen LogP contribution >= 0.6 is 0 Å². The lowest BCUT2D eigenvalue weighted by atomic mass is 9.97. The van der Waals surface area contributed by atoms with E-state index < -0.39 is 0 Å². The molecule has 0 amide bonds. The highest BCUT2D eigenvalue weighted by Gasteiger charge is 2.55. The summed E-state index contributed by atoms with van der Waals surface area (Å²) in [5.74, 6) is 3.31. The fourth-order valence-electron chi connectivity index (χ4n) is 4.38. The van der Waals surface area contributed by atoms with E-state index in [1.807, 2.05) is 0 Å². The van der Waals surface area contributed by atoms with Crippen LogP contribution in [0.2, 0.25) is 0 Å². The van der Waals surface area contributed by atoms with E-state index in [0.29, 0.717) is 0 Å². The van der Waals surface area contributed by atoms with Gasteiger partial charge in [0.25, 0.3) is 0 Å². The summed E-state index contributed by atoms with van der Waals surface area (Å²) < 4.78 is 0. The highest BCUT2D eigenvalue weighted by atomic mass is 14.9. The van der Waals surface area contributed by atoms with Crippen LogP contribution in [-0.2, 0) is 0 Å². The van der Waals surface area contributed by atoms with Crippen molar-refractivity contribution in [2.75, 3.05) is 6.54 Å². The van der Waals surface area contributed by atoms with Crippen molar-refractivity contribution in [3.05, 3.63) is 0 Å². The van der Waals surface area contributed by atoms with Gasteiger partial charge in [0.15, 0.2) is 0 Å². The number of rotatable bonds is 11. The van der Waals surface area contributed by atoms with Crippen LogP contribution < -0.4 is 5.32 Å². The molecule has 2 rings (SSSR count). The topological polar surface area (TPSA) is 12.0 Å². The minimum Gasteiger partial charge on any atom is -0.314 e. The van der Waals surface area contributed by atoms with E-state index in [0.717, 1.165) is 23.8 Å². The number of hydrogen-bond donors (Lipinski definition) is 1. The van der Waals surface area contributed by atoms with E-state index in [4.69, 9.17) is 0 Å². The third-order valence-corrected chi connectivity index (χ3v) is 5.46. The molecule has 0 aromatic carbocycles. The van der Waals surface area contributed by atoms with Crippen molar-refractivity contribution in [1.82, 2.24) is 5.32 Å². The van der Waals surface area contributed by atoms with E-state index in [1.165, 1.54) is 77.2 Å². The zero-order chi connectivity index (χ0) is 13.5. The SMILES string of the molecule is CCCCCCCCC(NCCC)C1C2CCCC21. The van der Waals surface area contributed by atoms with Gasteiger partial charge in [0.2, 0.25) is 0 Å². The maximum Gasteiger partial charge on any atom is 0.0101 e. The summed E-state index contributed by atoms with van der Waals surface area (Å²) in [6.45, 7) is 5.83. The molecule has 3 unspecified atom stereocenters. The van der Waals surface area contributed by atoms with Crippen LogP contribution in [0.25, 0.3) is 0 Å². The van der Waals surface area contributed by atoms with Crippen molar-refractivity contribution in [2.45, 2.75) is 90.5 Å². The summed E-state index contributed by atoms with van der Waals surface area (Å²) in [4.78, 5) is 0. The molecular formula is C18H35N. The van der Waals surface area contributed by atoms with Gasteiger partial charge in [-0.05, 0) is 50.0 Å². The number of nitrogens with one attached hydrogen (secondary N) is 1. The molecule has 1 heteroatoms. The Morgan fingerprint density at radius 1 is 0.895 bits per heavy atom. The number of unbranched alkanes of at least 4 members (excludes halogenated alkanes) is 5. The van der Waals surface area contributed by atoms with E-state index in [-0.39, 0.29) is 0 Å². The standard InChI is InChI=1S/C18H35N/c1-3-5-6-7-8-9-13-17(19-14-4-2)18-15-11-10-12-16(15)18/h15-19H,3-14H2,1-2H3. The maximum atomic E-state index is 3.86. The van der Waals surface area contributed by atoms with Crippen LogP contribution in [0.1, 0.15) is 84.5 Å². The largest absolute Gasteiger partial charge is 0.314 e. The smallest absolute Gasteiger partial charge is 0.0101 e. The Balaban J connectivity index is 1.61. The second-order valence-electron chi connectivity index (χ2n) is 6.95. The first kappa shape index (κ1) is 15.4. The van der Waals surface area contributed by atoms with Gasteiger partial charge in [0, 0.05) is 6.04 Å². The van der Waals surface area contributed by atoms with E-state index in [9.17, 15) is 0 Å². The lowest BCUT2D eigenvalue weighted by Crippen LogP contribution is -2.33. The van der Waals surface area contributed by atoms with Crippen molar-refractivity contribution in [3.63, 3.8) is 0 Å². The quantitative estimate of drug-likeness (QED) is 0.509. The maximum absolute atomic E-state index is 3.86. The minimum absolute atomic E-state index is 0.862. The third kappa shape index (κ3) is 4.48. The summed E-state index contributed by atoms with van der Waals surface area (Å²) in [5.41, 5.74) is 0. The molecule has 0 heterocycles. The van der Waals surface area contributed by atoms with Gasteiger partial charge >= 0.3 is 0 Å². The molecule has 0 radical (unpaired) electrons. The highest BCUT2D eigenvalue weighted by molar-refractivity contribution is 5.06. The van der Waals surface area contributed by atoms with E-state index in [2.05, 4.69) is 19.2 Å². The van der Waals surface area contributed by atoms with Crippen LogP contribution in [0.5, 0.6) is 0 Å². The van der Waals surface area contributed by atoms with Crippen molar-refractivity contribution >= 4 is 0 Å². The van der Waals surface area contributed by atoms with E-state index in [1.54, 1.807) is 0 Å². The van der Waals surface area contributed by atoms with Gasteiger partial charge in [0.1, 0.15) is 0 Å². The van der Waals surface area contributed by atoms with Crippen molar-refractivity contribution in [3.8, 4) is 0 Å². The Morgan fingerprint density at radius 3 is 2.26 bits per heavy atom. The van der Waals surface area contributed by atoms with Crippen molar-refractivity contribution < 1.29 is 0 Å². The molecule has 0 aromatic rings.